The number of hydrogen-bond acceptors (Lipinski definition) is 4. The Morgan fingerprint density at radius 3 is 1.82 bits per heavy atom. The lowest BCUT2D eigenvalue weighted by Crippen LogP contribution is -2.42. The summed E-state index contributed by atoms with van der Waals surface area (Å²) in [7, 11) is 0. The zero-order valence-electron chi connectivity index (χ0n) is 23.5. The van der Waals surface area contributed by atoms with Crippen molar-refractivity contribution >= 4 is 33.2 Å². The maximum atomic E-state index is 3.80. The molecule has 0 unspecified atom stereocenters. The van der Waals surface area contributed by atoms with Crippen molar-refractivity contribution in [3.05, 3.63) is 54.7 Å². The van der Waals surface area contributed by atoms with E-state index in [4.69, 9.17) is 0 Å². The summed E-state index contributed by atoms with van der Waals surface area (Å²) in [6, 6.07) is 20.4. The molecule has 3 N–H and O–H groups in total. The van der Waals surface area contributed by atoms with Crippen molar-refractivity contribution in [1.29, 1.82) is 0 Å². The van der Waals surface area contributed by atoms with E-state index in [1.54, 1.807) is 0 Å². The highest BCUT2D eigenvalue weighted by Gasteiger charge is 2.22. The third kappa shape index (κ3) is 5.29. The van der Waals surface area contributed by atoms with Gasteiger partial charge in [-0.25, -0.2) is 0 Å². The molecule has 0 saturated carbocycles. The van der Waals surface area contributed by atoms with Gasteiger partial charge in [0.2, 0.25) is 0 Å². The number of piperidine rings is 2. The van der Waals surface area contributed by atoms with E-state index in [-0.39, 0.29) is 0 Å². The lowest BCUT2D eigenvalue weighted by Gasteiger charge is -2.35. The first-order valence-corrected chi connectivity index (χ1v) is 14.7. The number of hydrogen-bond donors (Lipinski definition) is 3. The molecule has 2 aliphatic rings. The number of aromatic amines is 1. The van der Waals surface area contributed by atoms with E-state index in [0.717, 1.165) is 5.82 Å². The van der Waals surface area contributed by atoms with Crippen molar-refractivity contribution in [3.63, 3.8) is 0 Å². The van der Waals surface area contributed by atoms with Crippen molar-refractivity contribution in [1.82, 2.24) is 19.4 Å². The highest BCUT2D eigenvalue weighted by Crippen LogP contribution is 2.29. The van der Waals surface area contributed by atoms with Gasteiger partial charge in [-0.3, -0.25) is 0 Å². The molecule has 6 rings (SSSR count). The molecule has 2 fully saturated rings. The van der Waals surface area contributed by atoms with Crippen LogP contribution in [0.15, 0.2) is 54.7 Å². The monoisotopic (exact) mass is 512 g/mol. The molecule has 0 spiro atoms. The summed E-state index contributed by atoms with van der Waals surface area (Å²) in [4.78, 5) is 8.80. The SMILES string of the molecule is CC(C)N1CCC(Nc2ccc3[nH]c(-n4ccc5cc(NC6CCN(C(C)C)CC6)ccc54)cc3c2)CC1. The first kappa shape index (κ1) is 25.3. The second-order valence-corrected chi connectivity index (χ2v) is 12.0. The van der Waals surface area contributed by atoms with Crippen molar-refractivity contribution in [2.75, 3.05) is 36.8 Å². The number of likely N-dealkylation sites (tertiary alicyclic amines) is 2. The molecule has 2 aliphatic heterocycles. The van der Waals surface area contributed by atoms with E-state index in [0.29, 0.717) is 24.2 Å². The van der Waals surface area contributed by atoms with Crippen LogP contribution >= 0.6 is 0 Å². The average molecular weight is 513 g/mol. The molecule has 4 aromatic rings. The molecule has 4 heterocycles. The Morgan fingerprint density at radius 2 is 1.24 bits per heavy atom. The molecule has 2 saturated heterocycles. The Bertz CT molecular complexity index is 1370. The first-order chi connectivity index (χ1) is 18.4. The molecule has 0 bridgehead atoms. The van der Waals surface area contributed by atoms with Gasteiger partial charge in [0.05, 0.1) is 5.52 Å². The van der Waals surface area contributed by atoms with Crippen LogP contribution in [0.2, 0.25) is 0 Å². The van der Waals surface area contributed by atoms with Crippen LogP contribution in [-0.4, -0.2) is 69.7 Å². The smallest absolute Gasteiger partial charge is 0.115 e. The van der Waals surface area contributed by atoms with Crippen LogP contribution in [0.25, 0.3) is 27.6 Å². The number of rotatable bonds is 7. The fraction of sp³-hybridized carbons (Fsp3) is 0.500. The van der Waals surface area contributed by atoms with E-state index in [2.05, 4.69) is 112 Å². The summed E-state index contributed by atoms with van der Waals surface area (Å²) < 4.78 is 2.27. The molecular formula is C32H44N6. The lowest BCUT2D eigenvalue weighted by molar-refractivity contribution is 0.177. The highest BCUT2D eigenvalue weighted by atomic mass is 15.2. The zero-order valence-corrected chi connectivity index (χ0v) is 23.5. The van der Waals surface area contributed by atoms with Gasteiger partial charge >= 0.3 is 0 Å². The highest BCUT2D eigenvalue weighted by molar-refractivity contribution is 5.89. The van der Waals surface area contributed by atoms with Gasteiger partial charge in [0.1, 0.15) is 5.82 Å². The van der Waals surface area contributed by atoms with Gasteiger partial charge < -0.3 is 30.0 Å². The molecule has 2 aromatic carbocycles. The third-order valence-corrected chi connectivity index (χ3v) is 8.82. The van der Waals surface area contributed by atoms with Gasteiger partial charge in [0, 0.05) is 84.2 Å². The van der Waals surface area contributed by atoms with Gasteiger partial charge in [-0.05, 0) is 102 Å². The van der Waals surface area contributed by atoms with Gasteiger partial charge in [-0.2, -0.15) is 0 Å². The second kappa shape index (κ2) is 10.7. The predicted octanol–water partition coefficient (Wildman–Crippen LogP) is 6.68. The number of aromatic nitrogens is 2. The molecule has 0 atom stereocenters. The van der Waals surface area contributed by atoms with Crippen LogP contribution < -0.4 is 10.6 Å². The van der Waals surface area contributed by atoms with E-state index in [9.17, 15) is 0 Å². The Hall–Kier alpha value is -2.96. The second-order valence-electron chi connectivity index (χ2n) is 12.0. The van der Waals surface area contributed by atoms with Crippen LogP contribution in [-0.2, 0) is 0 Å². The van der Waals surface area contributed by atoms with Crippen LogP contribution in [0.3, 0.4) is 0 Å². The quantitative estimate of drug-likeness (QED) is 0.258. The molecule has 0 amide bonds. The van der Waals surface area contributed by atoms with E-state index in [1.165, 1.54) is 85.0 Å². The topological polar surface area (TPSA) is 51.3 Å². The van der Waals surface area contributed by atoms with Gasteiger partial charge in [-0.1, -0.05) is 0 Å². The minimum Gasteiger partial charge on any atom is -0.382 e. The Morgan fingerprint density at radius 1 is 0.684 bits per heavy atom. The number of anilines is 2. The molecule has 2 aromatic heterocycles. The zero-order chi connectivity index (χ0) is 26.2. The van der Waals surface area contributed by atoms with Crippen LogP contribution in [0.4, 0.5) is 11.4 Å². The fourth-order valence-corrected chi connectivity index (χ4v) is 6.37. The molecule has 0 radical (unpaired) electrons. The summed E-state index contributed by atoms with van der Waals surface area (Å²) in [5, 5.41) is 10.1. The Balaban J connectivity index is 1.14. The number of nitrogens with zero attached hydrogens (tertiary/aromatic N) is 3. The van der Waals surface area contributed by atoms with Gasteiger partial charge in [0.15, 0.2) is 0 Å². The summed E-state index contributed by atoms with van der Waals surface area (Å²) in [5.41, 5.74) is 4.85. The van der Waals surface area contributed by atoms with Crippen molar-refractivity contribution in [2.24, 2.45) is 0 Å². The number of nitrogens with one attached hydrogen (secondary N) is 3. The lowest BCUT2D eigenvalue weighted by atomic mass is 10.0. The summed E-state index contributed by atoms with van der Waals surface area (Å²) in [6.07, 6.45) is 7.01. The number of benzene rings is 2. The summed E-state index contributed by atoms with van der Waals surface area (Å²) in [5.74, 6) is 1.11. The largest absolute Gasteiger partial charge is 0.382 e. The maximum absolute atomic E-state index is 3.80. The minimum absolute atomic E-state index is 0.555. The third-order valence-electron chi connectivity index (χ3n) is 8.82. The van der Waals surface area contributed by atoms with Crippen LogP contribution in [0.5, 0.6) is 0 Å². The summed E-state index contributed by atoms with van der Waals surface area (Å²) >= 11 is 0. The normalized spacial score (nSPS) is 18.8. The fourth-order valence-electron chi connectivity index (χ4n) is 6.37. The van der Waals surface area contributed by atoms with Crippen molar-refractivity contribution in [2.45, 2.75) is 77.5 Å². The minimum atomic E-state index is 0.555. The molecule has 6 nitrogen and oxygen atoms in total. The molecule has 6 heteroatoms. The standard InChI is InChI=1S/C32H44N6/c1-22(2)36-14-10-26(11-15-36)33-28-5-7-30-25(20-28)21-32(35-30)38-18-9-24-19-29(6-8-31(24)38)34-27-12-16-37(17-13-27)23(3)4/h5-9,18-23,26-27,33-35H,10-17H2,1-4H3. The molecular weight excluding hydrogens is 468 g/mol. The predicted molar refractivity (Wildman–Crippen MR) is 162 cm³/mol. The van der Waals surface area contributed by atoms with E-state index >= 15 is 0 Å². The van der Waals surface area contributed by atoms with Crippen LogP contribution in [0, 0.1) is 0 Å². The van der Waals surface area contributed by atoms with Crippen LogP contribution in [0.1, 0.15) is 53.4 Å². The molecule has 202 valence electrons. The van der Waals surface area contributed by atoms with Crippen molar-refractivity contribution < 1.29 is 0 Å². The number of fused-ring (bicyclic) bond motifs is 2. The van der Waals surface area contributed by atoms with Gasteiger partial charge in [0.25, 0.3) is 0 Å². The number of H-pyrrole nitrogens is 1. The Kier molecular flexibility index (Phi) is 7.10. The van der Waals surface area contributed by atoms with Gasteiger partial charge in [-0.15, -0.1) is 0 Å². The Labute approximate surface area is 227 Å². The average Bonchev–Trinajstić information content (AvgIpc) is 3.52. The maximum Gasteiger partial charge on any atom is 0.115 e. The van der Waals surface area contributed by atoms with E-state index in [1.807, 2.05) is 0 Å². The summed E-state index contributed by atoms with van der Waals surface area (Å²) in [6.45, 7) is 13.9. The molecule has 38 heavy (non-hydrogen) atoms. The van der Waals surface area contributed by atoms with Crippen molar-refractivity contribution in [3.8, 4) is 5.82 Å². The van der Waals surface area contributed by atoms with E-state index < -0.39 is 0 Å². The molecule has 0 aliphatic carbocycles. The first-order valence-electron chi connectivity index (χ1n) is 14.7.